The molecule has 0 amide bonds. The van der Waals surface area contributed by atoms with Crippen LogP contribution in [0.4, 0.5) is 0 Å². The summed E-state index contributed by atoms with van der Waals surface area (Å²) >= 11 is 0. The molecular weight excluding hydrogens is 340 g/mol. The van der Waals surface area contributed by atoms with E-state index in [1.165, 1.54) is 0 Å². The number of aliphatic carboxylic acids is 1. The van der Waals surface area contributed by atoms with Crippen LogP contribution < -0.4 is 4.74 Å². The lowest BCUT2D eigenvalue weighted by atomic mass is 10.1. The van der Waals surface area contributed by atoms with Crippen molar-refractivity contribution in [2.75, 3.05) is 7.11 Å². The van der Waals surface area contributed by atoms with E-state index in [-0.39, 0.29) is 0 Å². The van der Waals surface area contributed by atoms with Gasteiger partial charge in [0.25, 0.3) is 0 Å². The van der Waals surface area contributed by atoms with Crippen molar-refractivity contribution >= 4 is 5.97 Å². The quantitative estimate of drug-likeness (QED) is 0.449. The Bertz CT molecular complexity index is 678. The van der Waals surface area contributed by atoms with E-state index in [0.717, 1.165) is 5.57 Å². The van der Waals surface area contributed by atoms with Gasteiger partial charge in [0.1, 0.15) is 11.5 Å². The monoisotopic (exact) mass is 370 g/mol. The van der Waals surface area contributed by atoms with Crippen LogP contribution in [-0.2, 0) is 9.53 Å². The number of rotatable bonds is 8. The van der Waals surface area contributed by atoms with Gasteiger partial charge < -0.3 is 14.6 Å². The number of carbonyl (C=O) groups is 1. The number of carboxylic acids is 1. The lowest BCUT2D eigenvalue weighted by molar-refractivity contribution is -0.148. The van der Waals surface area contributed by atoms with Gasteiger partial charge in [0.15, 0.2) is 0 Å². The number of hydrogen-bond donors (Lipinski definition) is 1. The molecule has 0 aliphatic rings. The van der Waals surface area contributed by atoms with Crippen molar-refractivity contribution in [2.45, 2.75) is 33.8 Å². The molecule has 0 spiro atoms. The molecule has 1 N–H and O–H groups in total. The zero-order valence-corrected chi connectivity index (χ0v) is 16.8. The van der Waals surface area contributed by atoms with Crippen LogP contribution in [0.15, 0.2) is 84.7 Å². The molecule has 1 atom stereocenters. The van der Waals surface area contributed by atoms with Crippen molar-refractivity contribution in [2.24, 2.45) is 0 Å². The summed E-state index contributed by atoms with van der Waals surface area (Å²) in [5.74, 6) is 0.126. The van der Waals surface area contributed by atoms with E-state index in [9.17, 15) is 9.90 Å². The molecule has 0 bridgehead atoms. The Morgan fingerprint density at radius 3 is 2.00 bits per heavy atom. The maximum absolute atomic E-state index is 11.5. The molecule has 0 heterocycles. The second-order valence-electron chi connectivity index (χ2n) is 5.62. The second kappa shape index (κ2) is 14.2. The maximum Gasteiger partial charge on any atom is 0.349 e. The first-order chi connectivity index (χ1) is 12.9. The predicted octanol–water partition coefficient (Wildman–Crippen LogP) is 6.01. The molecule has 0 saturated heterocycles. The molecule has 0 aromatic heterocycles. The summed E-state index contributed by atoms with van der Waals surface area (Å²) in [6, 6.07) is 6.77. The minimum atomic E-state index is -1.07. The van der Waals surface area contributed by atoms with Crippen LogP contribution in [0.25, 0.3) is 0 Å². The summed E-state index contributed by atoms with van der Waals surface area (Å²) in [5.41, 5.74) is 1.43. The number of carboxylic acid groups (broad SMARTS) is 1. The third-order valence-corrected chi connectivity index (χ3v) is 3.26. The topological polar surface area (TPSA) is 55.8 Å². The summed E-state index contributed by atoms with van der Waals surface area (Å²) in [6.45, 7) is 11.3. The van der Waals surface area contributed by atoms with Gasteiger partial charge in [-0.2, -0.15) is 0 Å². The molecule has 27 heavy (non-hydrogen) atoms. The second-order valence-corrected chi connectivity index (χ2v) is 5.62. The summed E-state index contributed by atoms with van der Waals surface area (Å²) in [4.78, 5) is 11.5. The number of methoxy groups -OCH3 is 1. The molecule has 4 heteroatoms. The fourth-order valence-corrected chi connectivity index (χ4v) is 1.87. The SMILES string of the molecule is C/C=C\C=C/C.C=C/C=C\C(OC(C(=O)O)c1ccc(OC)cc1)=C(C)C. The van der Waals surface area contributed by atoms with Crippen molar-refractivity contribution in [3.63, 3.8) is 0 Å². The highest BCUT2D eigenvalue weighted by molar-refractivity contribution is 5.74. The molecule has 4 nitrogen and oxygen atoms in total. The summed E-state index contributed by atoms with van der Waals surface area (Å²) in [5, 5.41) is 9.39. The third-order valence-electron chi connectivity index (χ3n) is 3.26. The van der Waals surface area contributed by atoms with Gasteiger partial charge in [0.05, 0.1) is 7.11 Å². The Balaban J connectivity index is 0.000000972. The van der Waals surface area contributed by atoms with Crippen LogP contribution in [0, 0.1) is 0 Å². The van der Waals surface area contributed by atoms with Crippen LogP contribution in [0.1, 0.15) is 39.4 Å². The number of ether oxygens (including phenoxy) is 2. The molecule has 0 aliphatic heterocycles. The van der Waals surface area contributed by atoms with Crippen molar-refractivity contribution in [3.05, 3.63) is 90.3 Å². The molecule has 0 radical (unpaired) electrons. The molecule has 1 rings (SSSR count). The van der Waals surface area contributed by atoms with Crippen molar-refractivity contribution < 1.29 is 19.4 Å². The van der Waals surface area contributed by atoms with E-state index in [0.29, 0.717) is 17.1 Å². The van der Waals surface area contributed by atoms with Gasteiger partial charge in [-0.25, -0.2) is 4.79 Å². The number of allylic oxidation sites excluding steroid dienone is 8. The van der Waals surface area contributed by atoms with Crippen LogP contribution in [-0.4, -0.2) is 18.2 Å². The van der Waals surface area contributed by atoms with E-state index in [4.69, 9.17) is 9.47 Å². The van der Waals surface area contributed by atoms with Crippen LogP contribution in [0.5, 0.6) is 5.75 Å². The zero-order chi connectivity index (χ0) is 20.7. The lowest BCUT2D eigenvalue weighted by Crippen LogP contribution is -2.15. The molecule has 1 aromatic rings. The average Bonchev–Trinajstić information content (AvgIpc) is 2.66. The first-order valence-corrected chi connectivity index (χ1v) is 8.65. The smallest absolute Gasteiger partial charge is 0.349 e. The van der Waals surface area contributed by atoms with Crippen molar-refractivity contribution in [1.29, 1.82) is 0 Å². The van der Waals surface area contributed by atoms with E-state index >= 15 is 0 Å². The van der Waals surface area contributed by atoms with E-state index in [1.807, 2.05) is 52.0 Å². The van der Waals surface area contributed by atoms with E-state index in [2.05, 4.69) is 6.58 Å². The number of hydrogen-bond acceptors (Lipinski definition) is 3. The average molecular weight is 370 g/mol. The third kappa shape index (κ3) is 9.90. The van der Waals surface area contributed by atoms with Crippen molar-refractivity contribution in [3.8, 4) is 5.75 Å². The predicted molar refractivity (Wildman–Crippen MR) is 112 cm³/mol. The standard InChI is InChI=1S/C17H20O4.C6H10/c1-5-6-7-15(12(2)3)21-16(17(18)19)13-8-10-14(20-4)11-9-13;1-3-5-6-4-2/h5-11,16H,1H2,2-4H3,(H,18,19);3-6H,1-2H3/b7-6-;5-3-,6-4-. The highest BCUT2D eigenvalue weighted by Crippen LogP contribution is 2.25. The minimum absolute atomic E-state index is 0.512. The van der Waals surface area contributed by atoms with E-state index < -0.39 is 12.1 Å². The Morgan fingerprint density at radius 1 is 1.07 bits per heavy atom. The summed E-state index contributed by atoms with van der Waals surface area (Å²) < 4.78 is 10.7. The maximum atomic E-state index is 11.5. The van der Waals surface area contributed by atoms with Gasteiger partial charge in [-0.1, -0.05) is 55.2 Å². The minimum Gasteiger partial charge on any atom is -0.497 e. The fraction of sp³-hybridized carbons (Fsp3) is 0.261. The first kappa shape index (κ1) is 24.0. The largest absolute Gasteiger partial charge is 0.497 e. The van der Waals surface area contributed by atoms with Gasteiger partial charge in [-0.3, -0.25) is 0 Å². The number of benzene rings is 1. The van der Waals surface area contributed by atoms with Crippen LogP contribution in [0.3, 0.4) is 0 Å². The molecule has 0 aliphatic carbocycles. The molecular formula is C23H30O4. The highest BCUT2D eigenvalue weighted by Gasteiger charge is 2.22. The Morgan fingerprint density at radius 2 is 1.63 bits per heavy atom. The fourth-order valence-electron chi connectivity index (χ4n) is 1.87. The molecule has 0 saturated carbocycles. The van der Waals surface area contributed by atoms with Gasteiger partial charge in [0, 0.05) is 5.56 Å². The van der Waals surface area contributed by atoms with Gasteiger partial charge >= 0.3 is 5.97 Å². The van der Waals surface area contributed by atoms with E-state index in [1.54, 1.807) is 49.6 Å². The van der Waals surface area contributed by atoms with Gasteiger partial charge in [-0.05, 0) is 51.5 Å². The highest BCUT2D eigenvalue weighted by atomic mass is 16.5. The van der Waals surface area contributed by atoms with Gasteiger partial charge in [0.2, 0.25) is 6.10 Å². The van der Waals surface area contributed by atoms with Crippen LogP contribution in [0.2, 0.25) is 0 Å². The lowest BCUT2D eigenvalue weighted by Gasteiger charge is -2.17. The molecule has 146 valence electrons. The summed E-state index contributed by atoms with van der Waals surface area (Å²) in [6.07, 6.45) is 11.9. The molecule has 0 fully saturated rings. The normalized spacial score (nSPS) is 11.7. The Labute approximate surface area is 162 Å². The molecule has 1 unspecified atom stereocenters. The van der Waals surface area contributed by atoms with Gasteiger partial charge in [-0.15, -0.1) is 0 Å². The Hall–Kier alpha value is -3.01. The first-order valence-electron chi connectivity index (χ1n) is 8.65. The zero-order valence-electron chi connectivity index (χ0n) is 16.8. The Kier molecular flexibility index (Phi) is 12.6. The van der Waals surface area contributed by atoms with Crippen molar-refractivity contribution in [1.82, 2.24) is 0 Å². The van der Waals surface area contributed by atoms with Crippen LogP contribution >= 0.6 is 0 Å². The molecule has 1 aromatic carbocycles. The summed E-state index contributed by atoms with van der Waals surface area (Å²) in [7, 11) is 1.56.